The molecule has 0 atom stereocenters. The first-order valence-electron chi connectivity index (χ1n) is 7.34. The van der Waals surface area contributed by atoms with E-state index in [9.17, 15) is 4.79 Å². The van der Waals surface area contributed by atoms with Crippen molar-refractivity contribution in [2.75, 3.05) is 14.2 Å². The first-order valence-corrected chi connectivity index (χ1v) is 8.22. The molecule has 0 saturated carbocycles. The van der Waals surface area contributed by atoms with Gasteiger partial charge in [0.25, 0.3) is 5.91 Å². The molecule has 1 aromatic carbocycles. The Hall–Kier alpha value is -2.67. The summed E-state index contributed by atoms with van der Waals surface area (Å²) in [5.74, 6) is 1.36. The number of benzene rings is 1. The largest absolute Gasteiger partial charge is 0.497 e. The second kappa shape index (κ2) is 6.84. The maximum Gasteiger partial charge on any atom is 0.273 e. The highest BCUT2D eigenvalue weighted by Crippen LogP contribution is 2.26. The quantitative estimate of drug-likeness (QED) is 0.710. The SMILES string of the molecule is COc1ccc(-c2nc(C(=O)N(C)Cc3cc(C)on3)cs2)cc1. The lowest BCUT2D eigenvalue weighted by molar-refractivity contribution is 0.0777. The minimum absolute atomic E-state index is 0.147. The summed E-state index contributed by atoms with van der Waals surface area (Å²) in [5, 5.41) is 6.47. The molecular weight excluding hydrogens is 326 g/mol. The molecule has 7 heteroatoms. The van der Waals surface area contributed by atoms with E-state index >= 15 is 0 Å². The Balaban J connectivity index is 1.72. The lowest BCUT2D eigenvalue weighted by atomic mass is 10.2. The molecule has 124 valence electrons. The number of carbonyl (C=O) groups excluding carboxylic acids is 1. The summed E-state index contributed by atoms with van der Waals surface area (Å²) in [7, 11) is 3.35. The third kappa shape index (κ3) is 3.46. The van der Waals surface area contributed by atoms with Crippen molar-refractivity contribution in [2.24, 2.45) is 0 Å². The zero-order valence-electron chi connectivity index (χ0n) is 13.6. The molecule has 0 aliphatic heterocycles. The highest BCUT2D eigenvalue weighted by molar-refractivity contribution is 7.13. The Morgan fingerprint density at radius 1 is 1.33 bits per heavy atom. The van der Waals surface area contributed by atoms with Gasteiger partial charge in [0, 0.05) is 24.1 Å². The minimum atomic E-state index is -0.147. The van der Waals surface area contributed by atoms with Gasteiger partial charge in [0.05, 0.1) is 13.7 Å². The highest BCUT2D eigenvalue weighted by Gasteiger charge is 2.17. The Bertz CT molecular complexity index is 839. The van der Waals surface area contributed by atoms with Gasteiger partial charge in [-0.25, -0.2) is 4.98 Å². The number of aryl methyl sites for hydroxylation is 1. The molecule has 2 heterocycles. The van der Waals surface area contributed by atoms with Crippen LogP contribution in [0.4, 0.5) is 0 Å². The number of carbonyl (C=O) groups is 1. The van der Waals surface area contributed by atoms with Gasteiger partial charge in [-0.05, 0) is 31.2 Å². The van der Waals surface area contributed by atoms with Crippen LogP contribution in [0, 0.1) is 6.92 Å². The third-order valence-corrected chi connectivity index (χ3v) is 4.37. The molecule has 1 amide bonds. The van der Waals surface area contributed by atoms with Crippen molar-refractivity contribution in [1.82, 2.24) is 15.0 Å². The predicted molar refractivity (Wildman–Crippen MR) is 91.1 cm³/mol. The summed E-state index contributed by atoms with van der Waals surface area (Å²) < 4.78 is 10.2. The fourth-order valence-corrected chi connectivity index (χ4v) is 3.04. The van der Waals surface area contributed by atoms with Crippen LogP contribution in [0.3, 0.4) is 0 Å². The van der Waals surface area contributed by atoms with E-state index in [-0.39, 0.29) is 5.91 Å². The molecular formula is C17H17N3O3S. The van der Waals surface area contributed by atoms with Crippen molar-refractivity contribution >= 4 is 17.2 Å². The number of ether oxygens (including phenoxy) is 1. The summed E-state index contributed by atoms with van der Waals surface area (Å²) in [6.45, 7) is 2.20. The molecule has 2 aromatic heterocycles. The van der Waals surface area contributed by atoms with Gasteiger partial charge in [-0.15, -0.1) is 11.3 Å². The predicted octanol–water partition coefficient (Wildman–Crippen LogP) is 3.39. The molecule has 0 fully saturated rings. The van der Waals surface area contributed by atoms with Crippen molar-refractivity contribution < 1.29 is 14.1 Å². The fourth-order valence-electron chi connectivity index (χ4n) is 2.24. The Kier molecular flexibility index (Phi) is 4.61. The molecule has 0 spiro atoms. The van der Waals surface area contributed by atoms with Crippen molar-refractivity contribution in [3.05, 3.63) is 52.9 Å². The molecule has 0 radical (unpaired) electrons. The number of rotatable bonds is 5. The molecule has 3 aromatic rings. The molecule has 3 rings (SSSR count). The van der Waals surface area contributed by atoms with Gasteiger partial charge in [0.1, 0.15) is 27.9 Å². The van der Waals surface area contributed by atoms with Crippen LogP contribution in [0.5, 0.6) is 5.75 Å². The Labute approximate surface area is 143 Å². The molecule has 0 unspecified atom stereocenters. The van der Waals surface area contributed by atoms with Crippen LogP contribution in [0.2, 0.25) is 0 Å². The lowest BCUT2D eigenvalue weighted by Crippen LogP contribution is -2.26. The topological polar surface area (TPSA) is 68.5 Å². The Morgan fingerprint density at radius 2 is 2.08 bits per heavy atom. The smallest absolute Gasteiger partial charge is 0.273 e. The molecule has 0 bridgehead atoms. The van der Waals surface area contributed by atoms with Crippen LogP contribution in [-0.2, 0) is 6.54 Å². The summed E-state index contributed by atoms with van der Waals surface area (Å²) in [6.07, 6.45) is 0. The van der Waals surface area contributed by atoms with Crippen molar-refractivity contribution in [3.8, 4) is 16.3 Å². The van der Waals surface area contributed by atoms with Gasteiger partial charge in [-0.2, -0.15) is 0 Å². The second-order valence-corrected chi connectivity index (χ2v) is 6.21. The average molecular weight is 343 g/mol. The average Bonchev–Trinajstić information content (AvgIpc) is 3.23. The third-order valence-electron chi connectivity index (χ3n) is 3.48. The summed E-state index contributed by atoms with van der Waals surface area (Å²) in [5.41, 5.74) is 2.09. The van der Waals surface area contributed by atoms with E-state index in [1.165, 1.54) is 11.3 Å². The van der Waals surface area contributed by atoms with Crippen LogP contribution in [0.25, 0.3) is 10.6 Å². The number of amides is 1. The zero-order chi connectivity index (χ0) is 17.1. The van der Waals surface area contributed by atoms with E-state index in [4.69, 9.17) is 9.26 Å². The molecule has 0 N–H and O–H groups in total. The lowest BCUT2D eigenvalue weighted by Gasteiger charge is -2.13. The van der Waals surface area contributed by atoms with Gasteiger partial charge < -0.3 is 14.2 Å². The van der Waals surface area contributed by atoms with Crippen molar-refractivity contribution in [3.63, 3.8) is 0 Å². The second-order valence-electron chi connectivity index (χ2n) is 5.36. The standard InChI is InChI=1S/C17H17N3O3S/c1-11-8-13(19-23-11)9-20(2)17(21)15-10-24-16(18-15)12-4-6-14(22-3)7-5-12/h4-8,10H,9H2,1-3H3. The van der Waals surface area contributed by atoms with E-state index in [0.717, 1.165) is 22.1 Å². The number of hydrogen-bond donors (Lipinski definition) is 0. The monoisotopic (exact) mass is 343 g/mol. The van der Waals surface area contributed by atoms with Crippen LogP contribution >= 0.6 is 11.3 Å². The molecule has 0 saturated heterocycles. The van der Waals surface area contributed by atoms with Crippen LogP contribution < -0.4 is 4.74 Å². The number of aromatic nitrogens is 2. The number of hydrogen-bond acceptors (Lipinski definition) is 6. The maximum atomic E-state index is 12.5. The fraction of sp³-hybridized carbons (Fsp3) is 0.235. The Morgan fingerprint density at radius 3 is 2.71 bits per heavy atom. The van der Waals surface area contributed by atoms with Gasteiger partial charge >= 0.3 is 0 Å². The van der Waals surface area contributed by atoms with E-state index < -0.39 is 0 Å². The van der Waals surface area contributed by atoms with Crippen LogP contribution in [0.15, 0.2) is 40.2 Å². The van der Waals surface area contributed by atoms with Gasteiger partial charge in [0.2, 0.25) is 0 Å². The van der Waals surface area contributed by atoms with E-state index in [1.807, 2.05) is 37.3 Å². The van der Waals surface area contributed by atoms with Gasteiger partial charge in [-0.3, -0.25) is 4.79 Å². The van der Waals surface area contributed by atoms with E-state index in [1.54, 1.807) is 24.4 Å². The molecule has 6 nitrogen and oxygen atoms in total. The normalized spacial score (nSPS) is 10.6. The molecule has 0 aliphatic carbocycles. The number of methoxy groups -OCH3 is 1. The maximum absolute atomic E-state index is 12.5. The van der Waals surface area contributed by atoms with Gasteiger partial charge in [-0.1, -0.05) is 5.16 Å². The van der Waals surface area contributed by atoms with Crippen molar-refractivity contribution in [2.45, 2.75) is 13.5 Å². The van der Waals surface area contributed by atoms with E-state index in [2.05, 4.69) is 10.1 Å². The van der Waals surface area contributed by atoms with Crippen molar-refractivity contribution in [1.29, 1.82) is 0 Å². The molecule has 0 aliphatic rings. The minimum Gasteiger partial charge on any atom is -0.497 e. The van der Waals surface area contributed by atoms with E-state index in [0.29, 0.717) is 17.9 Å². The summed E-state index contributed by atoms with van der Waals surface area (Å²) in [6, 6.07) is 9.41. The zero-order valence-corrected chi connectivity index (χ0v) is 14.5. The molecule has 24 heavy (non-hydrogen) atoms. The summed E-state index contributed by atoms with van der Waals surface area (Å²) >= 11 is 1.44. The highest BCUT2D eigenvalue weighted by atomic mass is 32.1. The van der Waals surface area contributed by atoms with Crippen LogP contribution in [-0.4, -0.2) is 35.1 Å². The number of thiazole rings is 1. The van der Waals surface area contributed by atoms with Gasteiger partial charge in [0.15, 0.2) is 0 Å². The number of nitrogens with zero attached hydrogens (tertiary/aromatic N) is 3. The first kappa shape index (κ1) is 16.2. The summed E-state index contributed by atoms with van der Waals surface area (Å²) in [4.78, 5) is 18.5. The first-order chi connectivity index (χ1) is 11.6. The van der Waals surface area contributed by atoms with Crippen LogP contribution in [0.1, 0.15) is 21.9 Å².